The molecule has 336 valence electrons. The molecule has 0 saturated heterocycles. The first-order valence-corrected chi connectivity index (χ1v) is 19.7. The number of hydrogen-bond donors (Lipinski definition) is 6. The summed E-state index contributed by atoms with van der Waals surface area (Å²) in [4.78, 5) is 47.3. The van der Waals surface area contributed by atoms with Gasteiger partial charge >= 0.3 is 0 Å². The molecular weight excluding hydrogens is 904 g/mol. The van der Waals surface area contributed by atoms with Crippen molar-refractivity contribution in [2.45, 2.75) is 13.8 Å². The van der Waals surface area contributed by atoms with Crippen molar-refractivity contribution in [3.8, 4) is 23.0 Å². The predicted molar refractivity (Wildman–Crippen MR) is 247 cm³/mol. The van der Waals surface area contributed by atoms with Gasteiger partial charge in [0, 0.05) is 40.0 Å². The van der Waals surface area contributed by atoms with E-state index in [1.807, 2.05) is 13.8 Å². The number of nitrogens with one attached hydrogen (secondary N) is 2. The molecule has 0 unspecified atom stereocenters. The van der Waals surface area contributed by atoms with Crippen molar-refractivity contribution in [3.05, 3.63) is 188 Å². The SMILES string of the molecule is Cc1ccc(O)c(N=Nc2c(O)c(C(=O)Nc3ccccc3[N+](=O)[O-])cc3ccccc23)c1.Cc1ccc(O)c(N=Nc2c(O)c(C(=O)Nc3ccccc3[N+](=O)[O-])cc3ccccc23)c1.[Fe]. The van der Waals surface area contributed by atoms with Gasteiger partial charge in [-0.05, 0) is 84.3 Å². The molecule has 67 heavy (non-hydrogen) atoms. The summed E-state index contributed by atoms with van der Waals surface area (Å²) in [5.74, 6) is -2.55. The number of benzene rings is 8. The minimum Gasteiger partial charge on any atom is -0.506 e. The second-order valence-corrected chi connectivity index (χ2v) is 14.5. The zero-order valence-electron chi connectivity index (χ0n) is 35.1. The molecule has 6 N–H and O–H groups in total. The van der Waals surface area contributed by atoms with Crippen LogP contribution in [0.1, 0.15) is 31.8 Å². The fourth-order valence-electron chi connectivity index (χ4n) is 6.67. The smallest absolute Gasteiger partial charge is 0.292 e. The summed E-state index contributed by atoms with van der Waals surface area (Å²) in [6.07, 6.45) is 0. The second-order valence-electron chi connectivity index (χ2n) is 14.5. The maximum absolute atomic E-state index is 13.0. The van der Waals surface area contributed by atoms with Gasteiger partial charge in [0.15, 0.2) is 11.5 Å². The number of carbonyl (C=O) groups excluding carboxylic acids is 2. The molecule has 0 aromatic heterocycles. The summed E-state index contributed by atoms with van der Waals surface area (Å²) in [5.41, 5.74) is 1.35. The largest absolute Gasteiger partial charge is 0.506 e. The van der Waals surface area contributed by atoms with Crippen LogP contribution in [0, 0.1) is 34.1 Å². The summed E-state index contributed by atoms with van der Waals surface area (Å²) in [5, 5.41) is 88.0. The Hall–Kier alpha value is -9.06. The third-order valence-corrected chi connectivity index (χ3v) is 9.95. The van der Waals surface area contributed by atoms with Crippen LogP contribution in [-0.2, 0) is 17.1 Å². The summed E-state index contributed by atoms with van der Waals surface area (Å²) in [6.45, 7) is 3.66. The molecule has 0 aliphatic heterocycles. The van der Waals surface area contributed by atoms with Gasteiger partial charge in [-0.15, -0.1) is 20.5 Å². The quantitative estimate of drug-likeness (QED) is 0.0326. The van der Waals surface area contributed by atoms with E-state index in [1.165, 1.54) is 60.7 Å². The molecule has 8 aromatic rings. The maximum Gasteiger partial charge on any atom is 0.292 e. The van der Waals surface area contributed by atoms with Crippen molar-refractivity contribution < 1.29 is 56.9 Å². The number of para-hydroxylation sites is 4. The molecule has 18 nitrogen and oxygen atoms in total. The number of carbonyl (C=O) groups is 2. The average molecular weight is 941 g/mol. The van der Waals surface area contributed by atoms with Crippen LogP contribution in [0.2, 0.25) is 0 Å². The first-order valence-electron chi connectivity index (χ1n) is 19.7. The third-order valence-electron chi connectivity index (χ3n) is 9.95. The molecule has 0 aliphatic carbocycles. The topological polar surface area (TPSA) is 275 Å². The van der Waals surface area contributed by atoms with Gasteiger partial charge in [0.25, 0.3) is 23.2 Å². The molecule has 0 heterocycles. The van der Waals surface area contributed by atoms with Gasteiger partial charge in [-0.2, -0.15) is 0 Å². The predicted octanol–water partition coefficient (Wildman–Crippen LogP) is 12.3. The monoisotopic (exact) mass is 940 g/mol. The van der Waals surface area contributed by atoms with Crippen LogP contribution in [-0.4, -0.2) is 42.1 Å². The van der Waals surface area contributed by atoms with Gasteiger partial charge in [-0.25, -0.2) is 0 Å². The number of phenolic OH excluding ortho intramolecular Hbond substituents is 4. The molecule has 0 aliphatic rings. The molecule has 0 spiro atoms. The van der Waals surface area contributed by atoms with E-state index >= 15 is 0 Å². The number of rotatable bonds is 10. The first-order chi connectivity index (χ1) is 31.7. The number of anilines is 2. The standard InChI is InChI=1S/2C24H18N4O5.Fe/c2*1-14-10-11-21(29)19(12-14)26-27-22-16-7-3-2-6-15(16)13-17(23(22)30)24(31)25-18-8-4-5-9-20(18)28(32)33;/h2*2-13,29-30H,1H3,(H,25,31);. The molecule has 0 bridgehead atoms. The zero-order valence-corrected chi connectivity index (χ0v) is 36.2. The number of nitro groups is 2. The number of fused-ring (bicyclic) bond motifs is 2. The normalized spacial score (nSPS) is 10.9. The molecule has 0 saturated carbocycles. The van der Waals surface area contributed by atoms with Crippen molar-refractivity contribution in [3.63, 3.8) is 0 Å². The fourth-order valence-corrected chi connectivity index (χ4v) is 6.67. The Morgan fingerprint density at radius 3 is 1.24 bits per heavy atom. The van der Waals surface area contributed by atoms with E-state index in [0.717, 1.165) is 11.1 Å². The van der Waals surface area contributed by atoms with Crippen LogP contribution >= 0.6 is 0 Å². The molecular formula is C48H36FeN8O10. The van der Waals surface area contributed by atoms with Crippen molar-refractivity contribution in [1.82, 2.24) is 0 Å². The first kappa shape index (κ1) is 47.4. The number of amides is 2. The average Bonchev–Trinajstić information content (AvgIpc) is 3.30. The molecule has 0 atom stereocenters. The van der Waals surface area contributed by atoms with Gasteiger partial charge in [-0.3, -0.25) is 29.8 Å². The number of phenols is 4. The van der Waals surface area contributed by atoms with Crippen molar-refractivity contribution in [1.29, 1.82) is 0 Å². The van der Waals surface area contributed by atoms with Crippen LogP contribution in [0.3, 0.4) is 0 Å². The minimum absolute atomic E-state index is 0. The van der Waals surface area contributed by atoms with E-state index in [-0.39, 0.29) is 85.2 Å². The number of azo groups is 2. The number of nitro benzene ring substituents is 2. The van der Waals surface area contributed by atoms with Crippen molar-refractivity contribution >= 4 is 78.9 Å². The zero-order chi connectivity index (χ0) is 47.1. The fraction of sp³-hybridized carbons (Fsp3) is 0.0417. The molecule has 19 heteroatoms. The Kier molecular flexibility index (Phi) is 14.6. The second kappa shape index (κ2) is 20.6. The number of nitrogens with zero attached hydrogens (tertiary/aromatic N) is 6. The number of hydrogen-bond acceptors (Lipinski definition) is 14. The Labute approximate surface area is 390 Å². The summed E-state index contributed by atoms with van der Waals surface area (Å²) in [6, 6.07) is 37.9. The van der Waals surface area contributed by atoms with Crippen LogP contribution < -0.4 is 10.6 Å². The molecule has 8 rings (SSSR count). The Morgan fingerprint density at radius 2 is 0.851 bits per heavy atom. The van der Waals surface area contributed by atoms with Gasteiger partial charge in [-0.1, -0.05) is 84.9 Å². The molecule has 0 radical (unpaired) electrons. The van der Waals surface area contributed by atoms with Gasteiger partial charge in [0.2, 0.25) is 0 Å². The third kappa shape index (κ3) is 10.7. The molecule has 0 fully saturated rings. The van der Waals surface area contributed by atoms with Gasteiger partial charge in [0.05, 0.1) is 21.0 Å². The van der Waals surface area contributed by atoms with Crippen molar-refractivity contribution in [2.24, 2.45) is 20.5 Å². The Balaban J connectivity index is 0.000000218. The molecule has 2 amide bonds. The minimum atomic E-state index is -0.748. The molecule has 8 aromatic carbocycles. The van der Waals surface area contributed by atoms with E-state index in [2.05, 4.69) is 31.1 Å². The van der Waals surface area contributed by atoms with E-state index in [1.54, 1.807) is 84.9 Å². The van der Waals surface area contributed by atoms with Crippen molar-refractivity contribution in [2.75, 3.05) is 10.6 Å². The summed E-state index contributed by atoms with van der Waals surface area (Å²) in [7, 11) is 0. The van der Waals surface area contributed by atoms with Crippen LogP contribution in [0.25, 0.3) is 21.5 Å². The summed E-state index contributed by atoms with van der Waals surface area (Å²) >= 11 is 0. The van der Waals surface area contributed by atoms with E-state index in [9.17, 15) is 50.2 Å². The van der Waals surface area contributed by atoms with Gasteiger partial charge < -0.3 is 31.1 Å². The Morgan fingerprint density at radius 1 is 0.493 bits per heavy atom. The van der Waals surface area contributed by atoms with Crippen LogP contribution in [0.4, 0.5) is 45.5 Å². The number of aryl methyl sites for hydroxylation is 2. The van der Waals surface area contributed by atoms with Gasteiger partial charge in [0.1, 0.15) is 45.6 Å². The maximum atomic E-state index is 13.0. The van der Waals surface area contributed by atoms with E-state index in [0.29, 0.717) is 21.5 Å². The van der Waals surface area contributed by atoms with Crippen LogP contribution in [0.15, 0.2) is 166 Å². The van der Waals surface area contributed by atoms with Crippen LogP contribution in [0.5, 0.6) is 23.0 Å². The number of aromatic hydroxyl groups is 4. The van der Waals surface area contributed by atoms with E-state index in [4.69, 9.17) is 0 Å². The van der Waals surface area contributed by atoms with E-state index < -0.39 is 33.2 Å². The summed E-state index contributed by atoms with van der Waals surface area (Å²) < 4.78 is 0. The Bertz CT molecular complexity index is 3090.